The molecular formula is C15H17Cl3N2OS. The predicted molar refractivity (Wildman–Crippen MR) is 97.1 cm³/mol. The number of piperidine rings is 1. The molecule has 7 heteroatoms. The quantitative estimate of drug-likeness (QED) is 0.836. The molecular weight excluding hydrogens is 363 g/mol. The number of hydrogen-bond acceptors (Lipinski definition) is 3. The van der Waals surface area contributed by atoms with Crippen molar-refractivity contribution in [2.75, 3.05) is 20.1 Å². The van der Waals surface area contributed by atoms with Crippen molar-refractivity contribution in [2.45, 2.75) is 18.9 Å². The van der Waals surface area contributed by atoms with Crippen LogP contribution in [0, 0.1) is 0 Å². The Balaban J connectivity index is 0.00000176. The van der Waals surface area contributed by atoms with E-state index < -0.39 is 0 Å². The number of thiophene rings is 1. The minimum Gasteiger partial charge on any atom is -0.338 e. The summed E-state index contributed by atoms with van der Waals surface area (Å²) in [7, 11) is 1.97. The van der Waals surface area contributed by atoms with Gasteiger partial charge >= 0.3 is 0 Å². The van der Waals surface area contributed by atoms with Gasteiger partial charge in [-0.25, -0.2) is 0 Å². The zero-order chi connectivity index (χ0) is 15.0. The van der Waals surface area contributed by atoms with Crippen LogP contribution in [0.2, 0.25) is 10.0 Å². The molecule has 1 aliphatic heterocycles. The summed E-state index contributed by atoms with van der Waals surface area (Å²) in [6.45, 7) is 1.55. The summed E-state index contributed by atoms with van der Waals surface area (Å²) >= 11 is 13.8. The Morgan fingerprint density at radius 2 is 2.00 bits per heavy atom. The third-order valence-corrected chi connectivity index (χ3v) is 5.86. The molecule has 0 bridgehead atoms. The van der Waals surface area contributed by atoms with Gasteiger partial charge < -0.3 is 10.2 Å². The molecule has 22 heavy (non-hydrogen) atoms. The number of carbonyl (C=O) groups excluding carboxylic acids is 1. The number of likely N-dealkylation sites (tertiary alicyclic amines) is 1. The Hall–Kier alpha value is -0.520. The van der Waals surface area contributed by atoms with Gasteiger partial charge in [-0.3, -0.25) is 4.79 Å². The van der Waals surface area contributed by atoms with Gasteiger partial charge in [0.25, 0.3) is 5.91 Å². The Bertz CT molecular complexity index is 681. The molecule has 1 aromatic heterocycles. The zero-order valence-electron chi connectivity index (χ0n) is 12.1. The van der Waals surface area contributed by atoms with Crippen LogP contribution in [-0.2, 0) is 0 Å². The van der Waals surface area contributed by atoms with E-state index in [0.717, 1.165) is 36.0 Å². The average Bonchev–Trinajstić information content (AvgIpc) is 2.83. The topological polar surface area (TPSA) is 32.3 Å². The molecule has 1 amide bonds. The van der Waals surface area contributed by atoms with Crippen LogP contribution in [0.25, 0.3) is 10.1 Å². The SMILES string of the molecule is CNC1CCN(C(=O)c2sc3cc(Cl)ccc3c2Cl)CC1.Cl. The van der Waals surface area contributed by atoms with Gasteiger partial charge in [-0.15, -0.1) is 23.7 Å². The molecule has 0 atom stereocenters. The molecule has 0 radical (unpaired) electrons. The van der Waals surface area contributed by atoms with Crippen molar-refractivity contribution < 1.29 is 4.79 Å². The van der Waals surface area contributed by atoms with Crippen molar-refractivity contribution in [3.8, 4) is 0 Å². The summed E-state index contributed by atoms with van der Waals surface area (Å²) in [6.07, 6.45) is 1.97. The number of carbonyl (C=O) groups is 1. The normalized spacial score (nSPS) is 15.9. The van der Waals surface area contributed by atoms with E-state index in [1.165, 1.54) is 11.3 Å². The molecule has 3 rings (SSSR count). The maximum atomic E-state index is 12.7. The second-order valence-electron chi connectivity index (χ2n) is 5.24. The molecule has 1 fully saturated rings. The number of hydrogen-bond donors (Lipinski definition) is 1. The largest absolute Gasteiger partial charge is 0.338 e. The van der Waals surface area contributed by atoms with Crippen LogP contribution in [0.3, 0.4) is 0 Å². The lowest BCUT2D eigenvalue weighted by molar-refractivity contribution is 0.0712. The minimum atomic E-state index is 0. The molecule has 0 spiro atoms. The highest BCUT2D eigenvalue weighted by atomic mass is 35.5. The lowest BCUT2D eigenvalue weighted by atomic mass is 10.1. The second kappa shape index (κ2) is 7.37. The number of rotatable bonds is 2. The monoisotopic (exact) mass is 378 g/mol. The van der Waals surface area contributed by atoms with Gasteiger partial charge in [0.05, 0.1) is 5.02 Å². The van der Waals surface area contributed by atoms with Crippen LogP contribution in [0.4, 0.5) is 0 Å². The van der Waals surface area contributed by atoms with Gasteiger partial charge in [-0.2, -0.15) is 0 Å². The van der Waals surface area contributed by atoms with Gasteiger partial charge in [-0.1, -0.05) is 29.3 Å². The predicted octanol–water partition coefficient (Wildman–Crippen LogP) is 4.45. The lowest BCUT2D eigenvalue weighted by Crippen LogP contribution is -2.43. The van der Waals surface area contributed by atoms with Crippen LogP contribution in [-0.4, -0.2) is 37.0 Å². The fourth-order valence-electron chi connectivity index (χ4n) is 2.69. The first-order valence-electron chi connectivity index (χ1n) is 6.94. The molecule has 1 N–H and O–H groups in total. The van der Waals surface area contributed by atoms with Gasteiger partial charge in [0.2, 0.25) is 0 Å². The summed E-state index contributed by atoms with van der Waals surface area (Å²) in [4.78, 5) is 15.2. The number of benzene rings is 1. The molecule has 2 heterocycles. The van der Waals surface area contributed by atoms with Crippen LogP contribution >= 0.6 is 46.9 Å². The summed E-state index contributed by atoms with van der Waals surface area (Å²) < 4.78 is 0.959. The number of nitrogens with zero attached hydrogens (tertiary/aromatic N) is 1. The van der Waals surface area contributed by atoms with Crippen molar-refractivity contribution in [1.29, 1.82) is 0 Å². The molecule has 2 aromatic rings. The molecule has 0 unspecified atom stereocenters. The Morgan fingerprint density at radius 1 is 1.32 bits per heavy atom. The summed E-state index contributed by atoms with van der Waals surface area (Å²) in [5.41, 5.74) is 0. The summed E-state index contributed by atoms with van der Waals surface area (Å²) in [5.74, 6) is 0.0341. The molecule has 0 aliphatic carbocycles. The maximum Gasteiger partial charge on any atom is 0.265 e. The van der Waals surface area contributed by atoms with Crippen LogP contribution in [0.5, 0.6) is 0 Å². The second-order valence-corrected chi connectivity index (χ2v) is 7.11. The highest BCUT2D eigenvalue weighted by Gasteiger charge is 2.26. The van der Waals surface area contributed by atoms with E-state index in [1.54, 1.807) is 6.07 Å². The maximum absolute atomic E-state index is 12.7. The number of amides is 1. The van der Waals surface area contributed by atoms with E-state index in [-0.39, 0.29) is 18.3 Å². The summed E-state index contributed by atoms with van der Waals surface area (Å²) in [5, 5.41) is 5.38. The Labute approximate surface area is 150 Å². The minimum absolute atomic E-state index is 0. The van der Waals surface area contributed by atoms with Crippen LogP contribution in [0.15, 0.2) is 18.2 Å². The fourth-order valence-corrected chi connectivity index (χ4v) is 4.45. The Kier molecular flexibility index (Phi) is 5.97. The standard InChI is InChI=1S/C15H16Cl2N2OS.ClH/c1-18-10-4-6-19(7-5-10)15(20)14-13(17)11-3-2-9(16)8-12(11)21-14;/h2-3,8,10,18H,4-7H2,1H3;1H. The molecule has 1 aromatic carbocycles. The molecule has 120 valence electrons. The number of halogens is 3. The van der Waals surface area contributed by atoms with Crippen LogP contribution < -0.4 is 5.32 Å². The van der Waals surface area contributed by atoms with Crippen molar-refractivity contribution in [3.63, 3.8) is 0 Å². The van der Waals surface area contributed by atoms with E-state index in [4.69, 9.17) is 23.2 Å². The van der Waals surface area contributed by atoms with Crippen LogP contribution in [0.1, 0.15) is 22.5 Å². The molecule has 1 aliphatic rings. The third kappa shape index (κ3) is 3.36. The molecule has 1 saturated heterocycles. The van der Waals surface area contributed by atoms with Crippen molar-refractivity contribution in [1.82, 2.24) is 10.2 Å². The highest BCUT2D eigenvalue weighted by Crippen LogP contribution is 2.37. The van der Waals surface area contributed by atoms with Gasteiger partial charge in [0.1, 0.15) is 4.88 Å². The molecule has 3 nitrogen and oxygen atoms in total. The lowest BCUT2D eigenvalue weighted by Gasteiger charge is -2.31. The van der Waals surface area contributed by atoms with E-state index in [2.05, 4.69) is 5.32 Å². The highest BCUT2D eigenvalue weighted by molar-refractivity contribution is 7.21. The fraction of sp³-hybridized carbons (Fsp3) is 0.400. The van der Waals surface area contributed by atoms with E-state index in [0.29, 0.717) is 21.0 Å². The van der Waals surface area contributed by atoms with Gasteiger partial charge in [0, 0.05) is 34.2 Å². The average molecular weight is 380 g/mol. The van der Waals surface area contributed by atoms with E-state index in [1.807, 2.05) is 24.1 Å². The number of nitrogens with one attached hydrogen (secondary N) is 1. The first-order valence-corrected chi connectivity index (χ1v) is 8.51. The third-order valence-electron chi connectivity index (χ3n) is 3.98. The molecule has 0 saturated carbocycles. The first-order chi connectivity index (χ1) is 10.1. The van der Waals surface area contributed by atoms with Gasteiger partial charge in [0.15, 0.2) is 0 Å². The summed E-state index contributed by atoms with van der Waals surface area (Å²) in [6, 6.07) is 6.04. The van der Waals surface area contributed by atoms with E-state index in [9.17, 15) is 4.79 Å². The van der Waals surface area contributed by atoms with Crippen molar-refractivity contribution in [2.24, 2.45) is 0 Å². The zero-order valence-corrected chi connectivity index (χ0v) is 15.2. The number of fused-ring (bicyclic) bond motifs is 1. The van der Waals surface area contributed by atoms with Gasteiger partial charge in [-0.05, 0) is 32.0 Å². The van der Waals surface area contributed by atoms with Crippen molar-refractivity contribution >= 4 is 62.9 Å². The van der Waals surface area contributed by atoms with Crippen molar-refractivity contribution in [3.05, 3.63) is 33.1 Å². The Morgan fingerprint density at radius 3 is 2.64 bits per heavy atom. The smallest absolute Gasteiger partial charge is 0.265 e. The van der Waals surface area contributed by atoms with E-state index >= 15 is 0 Å². The first kappa shape index (κ1) is 17.8.